The van der Waals surface area contributed by atoms with Crippen molar-refractivity contribution in [2.24, 2.45) is 0 Å². The molecule has 0 spiro atoms. The van der Waals surface area contributed by atoms with Crippen LogP contribution < -0.4 is 20.0 Å². The number of aromatic nitrogens is 1. The summed E-state index contributed by atoms with van der Waals surface area (Å²) >= 11 is 0. The second kappa shape index (κ2) is 9.49. The van der Waals surface area contributed by atoms with Crippen molar-refractivity contribution in [3.63, 3.8) is 0 Å². The molecular weight excluding hydrogens is 447 g/mol. The van der Waals surface area contributed by atoms with E-state index in [0.717, 1.165) is 0 Å². The summed E-state index contributed by atoms with van der Waals surface area (Å²) in [5.41, 5.74) is 1.34. The highest BCUT2D eigenvalue weighted by Gasteiger charge is 2.33. The number of halogens is 1. The average molecular weight is 472 g/mol. The lowest BCUT2D eigenvalue weighted by Gasteiger charge is -2.37. The van der Waals surface area contributed by atoms with E-state index in [2.05, 4.69) is 10.3 Å². The predicted molar refractivity (Wildman–Crippen MR) is 123 cm³/mol. The molecule has 0 aliphatic carbocycles. The molecule has 34 heavy (non-hydrogen) atoms. The number of ether oxygens (including phenoxy) is 1. The molecule has 1 aromatic carbocycles. The summed E-state index contributed by atoms with van der Waals surface area (Å²) in [6.07, 6.45) is 0.186. The summed E-state index contributed by atoms with van der Waals surface area (Å²) in [5, 5.41) is 13.6. The third kappa shape index (κ3) is 4.85. The first kappa shape index (κ1) is 23.2. The molecule has 0 bridgehead atoms. The minimum absolute atomic E-state index is 0.0205. The minimum Gasteiger partial charge on any atom is -0.442 e. The Balaban J connectivity index is 1.39. The van der Waals surface area contributed by atoms with Crippen molar-refractivity contribution in [2.45, 2.75) is 20.0 Å². The largest absolute Gasteiger partial charge is 0.442 e. The van der Waals surface area contributed by atoms with E-state index in [4.69, 9.17) is 4.74 Å². The highest BCUT2D eigenvalue weighted by Crippen LogP contribution is 2.29. The monoisotopic (exact) mass is 472 g/mol. The van der Waals surface area contributed by atoms with Gasteiger partial charge in [0.2, 0.25) is 5.91 Å². The number of piperazine rings is 1. The molecule has 12 heteroatoms. The number of nitrogens with zero attached hydrogens (tertiary/aromatic N) is 5. The first-order valence-electron chi connectivity index (χ1n) is 10.9. The minimum atomic E-state index is -0.581. The average Bonchev–Trinajstić information content (AvgIpc) is 3.18. The fourth-order valence-corrected chi connectivity index (χ4v) is 4.09. The summed E-state index contributed by atoms with van der Waals surface area (Å²) in [7, 11) is 0. The number of cyclic esters (lactones) is 1. The molecule has 11 nitrogen and oxygen atoms in total. The molecule has 2 amide bonds. The van der Waals surface area contributed by atoms with Gasteiger partial charge in [0, 0.05) is 38.7 Å². The van der Waals surface area contributed by atoms with Crippen molar-refractivity contribution in [3.05, 3.63) is 52.0 Å². The molecule has 4 rings (SSSR count). The Kier molecular flexibility index (Phi) is 6.48. The van der Waals surface area contributed by atoms with E-state index in [0.29, 0.717) is 48.9 Å². The summed E-state index contributed by atoms with van der Waals surface area (Å²) in [6, 6.07) is 6.32. The Morgan fingerprint density at radius 2 is 1.97 bits per heavy atom. The van der Waals surface area contributed by atoms with Gasteiger partial charge >= 0.3 is 6.09 Å². The standard InChI is InChI=1S/C22H25FN6O5/c1-14-9-21(25-12-20(14)29(32)33)27-7-5-26(6-8-27)19-4-3-16(10-18(19)23)28-13-17(34-22(28)31)11-24-15(2)30/h3-4,9-10,12,17H,5-8,11,13H2,1-2H3,(H,24,30)/t17-/m0/s1. The first-order chi connectivity index (χ1) is 16.2. The fourth-order valence-electron chi connectivity index (χ4n) is 4.09. The van der Waals surface area contributed by atoms with Crippen LogP contribution in [0.2, 0.25) is 0 Å². The van der Waals surface area contributed by atoms with E-state index in [1.54, 1.807) is 25.1 Å². The third-order valence-corrected chi connectivity index (χ3v) is 5.91. The predicted octanol–water partition coefficient (Wildman–Crippen LogP) is 2.23. The van der Waals surface area contributed by atoms with Gasteiger partial charge in [-0.15, -0.1) is 0 Å². The van der Waals surface area contributed by atoms with Crippen LogP contribution in [0.5, 0.6) is 0 Å². The molecule has 2 fully saturated rings. The number of rotatable bonds is 6. The molecular formula is C22H25FN6O5. The van der Waals surface area contributed by atoms with Gasteiger partial charge in [0.15, 0.2) is 0 Å². The van der Waals surface area contributed by atoms with Crippen molar-refractivity contribution in [2.75, 3.05) is 54.0 Å². The van der Waals surface area contributed by atoms with Crippen LogP contribution in [0, 0.1) is 22.9 Å². The second-order valence-corrected chi connectivity index (χ2v) is 8.25. The zero-order valence-corrected chi connectivity index (χ0v) is 18.9. The first-order valence-corrected chi connectivity index (χ1v) is 10.9. The van der Waals surface area contributed by atoms with Crippen molar-refractivity contribution >= 4 is 34.9 Å². The van der Waals surface area contributed by atoms with Gasteiger partial charge in [-0.3, -0.25) is 19.8 Å². The van der Waals surface area contributed by atoms with Crippen molar-refractivity contribution < 1.29 is 23.6 Å². The number of hydrogen-bond acceptors (Lipinski definition) is 8. The summed E-state index contributed by atoms with van der Waals surface area (Å²) in [6.45, 7) is 5.71. The van der Waals surface area contributed by atoms with Gasteiger partial charge < -0.3 is 19.9 Å². The van der Waals surface area contributed by atoms with Crippen LogP contribution in [0.3, 0.4) is 0 Å². The van der Waals surface area contributed by atoms with Gasteiger partial charge in [0.05, 0.1) is 29.4 Å². The maximum Gasteiger partial charge on any atom is 0.414 e. The molecule has 2 saturated heterocycles. The van der Waals surface area contributed by atoms with E-state index in [1.807, 2.05) is 9.80 Å². The number of carbonyl (C=O) groups is 2. The highest BCUT2D eigenvalue weighted by atomic mass is 19.1. The maximum absolute atomic E-state index is 15.0. The van der Waals surface area contributed by atoms with Crippen molar-refractivity contribution in [1.82, 2.24) is 10.3 Å². The van der Waals surface area contributed by atoms with Gasteiger partial charge in [0.1, 0.15) is 23.9 Å². The lowest BCUT2D eigenvalue weighted by molar-refractivity contribution is -0.385. The van der Waals surface area contributed by atoms with Gasteiger partial charge in [-0.25, -0.2) is 14.2 Å². The normalized spacial score (nSPS) is 18.1. The number of nitro groups is 1. The molecule has 1 N–H and O–H groups in total. The van der Waals surface area contributed by atoms with Gasteiger partial charge in [-0.2, -0.15) is 0 Å². The number of carbonyl (C=O) groups excluding carboxylic acids is 2. The molecule has 2 aliphatic rings. The van der Waals surface area contributed by atoms with Crippen LogP contribution in [0.15, 0.2) is 30.5 Å². The maximum atomic E-state index is 15.0. The zero-order chi connectivity index (χ0) is 24.4. The van der Waals surface area contributed by atoms with Crippen LogP contribution >= 0.6 is 0 Å². The Labute approximate surface area is 195 Å². The number of nitrogens with one attached hydrogen (secondary N) is 1. The van der Waals surface area contributed by atoms with Crippen molar-refractivity contribution in [3.8, 4) is 0 Å². The fraction of sp³-hybridized carbons (Fsp3) is 0.409. The summed E-state index contributed by atoms with van der Waals surface area (Å²) in [5.74, 6) is -0.0159. The Morgan fingerprint density at radius 1 is 1.26 bits per heavy atom. The molecule has 0 radical (unpaired) electrons. The lowest BCUT2D eigenvalue weighted by Crippen LogP contribution is -2.47. The second-order valence-electron chi connectivity index (χ2n) is 8.25. The topological polar surface area (TPSA) is 121 Å². The highest BCUT2D eigenvalue weighted by molar-refractivity contribution is 5.90. The van der Waals surface area contributed by atoms with Crippen LogP contribution in [0.4, 0.5) is 32.1 Å². The van der Waals surface area contributed by atoms with E-state index in [9.17, 15) is 24.1 Å². The van der Waals surface area contributed by atoms with Crippen LogP contribution in [0.25, 0.3) is 0 Å². The quantitative estimate of drug-likeness (QED) is 0.502. The van der Waals surface area contributed by atoms with E-state index < -0.39 is 22.9 Å². The van der Waals surface area contributed by atoms with Gasteiger partial charge in [0.25, 0.3) is 5.69 Å². The molecule has 0 unspecified atom stereocenters. The SMILES string of the molecule is CC(=O)NC[C@H]1CN(c2ccc(N3CCN(c4cc(C)c([N+](=O)[O-])cn4)CC3)c(F)c2)C(=O)O1. The molecule has 3 heterocycles. The van der Waals surface area contributed by atoms with Crippen LogP contribution in [-0.2, 0) is 9.53 Å². The number of pyridine rings is 1. The number of aryl methyl sites for hydroxylation is 1. The molecule has 1 atom stereocenters. The Morgan fingerprint density at radius 3 is 2.59 bits per heavy atom. The summed E-state index contributed by atoms with van der Waals surface area (Å²) in [4.78, 5) is 43.3. The number of anilines is 3. The smallest absolute Gasteiger partial charge is 0.414 e. The van der Waals surface area contributed by atoms with Crippen LogP contribution in [0.1, 0.15) is 12.5 Å². The Hall–Kier alpha value is -3.96. The van der Waals surface area contributed by atoms with Crippen molar-refractivity contribution in [1.29, 1.82) is 0 Å². The zero-order valence-electron chi connectivity index (χ0n) is 18.9. The lowest BCUT2D eigenvalue weighted by atomic mass is 10.2. The molecule has 2 aliphatic heterocycles. The number of benzene rings is 1. The number of hydrogen-bond donors (Lipinski definition) is 1. The molecule has 2 aromatic rings. The van der Waals surface area contributed by atoms with Gasteiger partial charge in [-0.1, -0.05) is 0 Å². The number of amides is 2. The van der Waals surface area contributed by atoms with E-state index in [1.165, 1.54) is 24.1 Å². The van der Waals surface area contributed by atoms with E-state index >= 15 is 0 Å². The summed E-state index contributed by atoms with van der Waals surface area (Å²) < 4.78 is 20.2. The van der Waals surface area contributed by atoms with Gasteiger partial charge in [-0.05, 0) is 31.2 Å². The molecule has 1 aromatic heterocycles. The van der Waals surface area contributed by atoms with E-state index in [-0.39, 0.29) is 24.7 Å². The Bertz CT molecular complexity index is 1120. The molecule has 180 valence electrons. The molecule has 0 saturated carbocycles. The third-order valence-electron chi connectivity index (χ3n) is 5.91. The van der Waals surface area contributed by atoms with Crippen LogP contribution in [-0.4, -0.2) is 67.3 Å².